The van der Waals surface area contributed by atoms with Crippen molar-refractivity contribution in [2.45, 2.75) is 38.3 Å². The quantitative estimate of drug-likeness (QED) is 0.544. The lowest BCUT2D eigenvalue weighted by Gasteiger charge is -2.28. The molecule has 0 saturated heterocycles. The van der Waals surface area contributed by atoms with Crippen LogP contribution in [0.25, 0.3) is 0 Å². The Kier molecular flexibility index (Phi) is 1.64. The Bertz CT molecular complexity index is 188. The van der Waals surface area contributed by atoms with Gasteiger partial charge in [-0.05, 0) is 26.2 Å². The van der Waals surface area contributed by atoms with Gasteiger partial charge in [0.05, 0.1) is 6.10 Å². The maximum absolute atomic E-state index is 9.39. The first-order chi connectivity index (χ1) is 5.25. The smallest absolute Gasteiger partial charge is 0.0547 e. The highest BCUT2D eigenvalue weighted by Crippen LogP contribution is 2.30. The predicted molar refractivity (Wildman–Crippen MR) is 44.0 cm³/mol. The minimum Gasteiger partial charge on any atom is -0.393 e. The van der Waals surface area contributed by atoms with Gasteiger partial charge in [0.15, 0.2) is 0 Å². The summed E-state index contributed by atoms with van der Waals surface area (Å²) in [6.45, 7) is 2.10. The fourth-order valence-corrected chi connectivity index (χ4v) is 2.21. The summed E-state index contributed by atoms with van der Waals surface area (Å²) in [7, 11) is 0. The van der Waals surface area contributed by atoms with Gasteiger partial charge in [0, 0.05) is 17.7 Å². The van der Waals surface area contributed by atoms with Gasteiger partial charge in [0.2, 0.25) is 0 Å². The first kappa shape index (κ1) is 7.17. The summed E-state index contributed by atoms with van der Waals surface area (Å²) in [6, 6.07) is 0.624. The molecule has 1 heterocycles. The zero-order valence-electron chi connectivity index (χ0n) is 6.88. The molecule has 2 nitrogen and oxygen atoms in total. The second-order valence-corrected chi connectivity index (χ2v) is 3.73. The van der Waals surface area contributed by atoms with E-state index in [0.717, 1.165) is 19.3 Å². The Hall–Kier alpha value is -0.500. The number of hydrogen-bond acceptors (Lipinski definition) is 2. The van der Waals surface area contributed by atoms with E-state index in [1.54, 1.807) is 0 Å². The van der Waals surface area contributed by atoms with Crippen molar-refractivity contribution in [3.63, 3.8) is 0 Å². The lowest BCUT2D eigenvalue weighted by Crippen LogP contribution is -2.35. The lowest BCUT2D eigenvalue weighted by molar-refractivity contribution is 0.103. The van der Waals surface area contributed by atoms with Gasteiger partial charge >= 0.3 is 0 Å². The molecule has 2 N–H and O–H groups in total. The molecule has 0 spiro atoms. The molecule has 2 rings (SSSR count). The topological polar surface area (TPSA) is 32.3 Å². The van der Waals surface area contributed by atoms with Crippen LogP contribution in [0.4, 0.5) is 0 Å². The van der Waals surface area contributed by atoms with Crippen molar-refractivity contribution in [1.82, 2.24) is 5.32 Å². The van der Waals surface area contributed by atoms with Gasteiger partial charge in [-0.15, -0.1) is 0 Å². The van der Waals surface area contributed by atoms with Gasteiger partial charge < -0.3 is 10.4 Å². The maximum Gasteiger partial charge on any atom is 0.0547 e. The van der Waals surface area contributed by atoms with Crippen molar-refractivity contribution in [3.8, 4) is 0 Å². The largest absolute Gasteiger partial charge is 0.393 e. The molecule has 0 aromatic carbocycles. The van der Waals surface area contributed by atoms with Gasteiger partial charge in [-0.2, -0.15) is 0 Å². The van der Waals surface area contributed by atoms with E-state index in [0.29, 0.717) is 12.0 Å². The Balaban J connectivity index is 2.05. The van der Waals surface area contributed by atoms with Crippen LogP contribution in [-0.4, -0.2) is 17.3 Å². The van der Waals surface area contributed by atoms with Crippen molar-refractivity contribution in [1.29, 1.82) is 0 Å². The van der Waals surface area contributed by atoms with Crippen LogP contribution in [0.5, 0.6) is 0 Å². The summed E-state index contributed by atoms with van der Waals surface area (Å²) in [5.74, 6) is 0.596. The molecule has 0 bridgehead atoms. The summed E-state index contributed by atoms with van der Waals surface area (Å²) in [4.78, 5) is 0. The number of rotatable bonds is 0. The summed E-state index contributed by atoms with van der Waals surface area (Å²) in [5.41, 5.74) is 1.29. The standard InChI is InChI=1S/C9H15NO/c1-6-4-7-5-8(11)2-3-9(7)10-6/h4,7-11H,2-3,5H2,1H3. The molecule has 1 aliphatic carbocycles. The Morgan fingerprint density at radius 2 is 2.36 bits per heavy atom. The minimum absolute atomic E-state index is 0.0554. The van der Waals surface area contributed by atoms with E-state index in [-0.39, 0.29) is 6.10 Å². The summed E-state index contributed by atoms with van der Waals surface area (Å²) in [6.07, 6.45) is 5.25. The van der Waals surface area contributed by atoms with Gasteiger partial charge in [-0.3, -0.25) is 0 Å². The van der Waals surface area contributed by atoms with Gasteiger partial charge in [0.1, 0.15) is 0 Å². The number of aliphatic hydroxyl groups excluding tert-OH is 1. The molecular weight excluding hydrogens is 138 g/mol. The fraction of sp³-hybridized carbons (Fsp3) is 0.778. The van der Waals surface area contributed by atoms with E-state index >= 15 is 0 Å². The molecule has 2 aliphatic rings. The number of nitrogens with one attached hydrogen (secondary N) is 1. The van der Waals surface area contributed by atoms with E-state index in [1.807, 2.05) is 0 Å². The van der Waals surface area contributed by atoms with E-state index < -0.39 is 0 Å². The van der Waals surface area contributed by atoms with Gasteiger partial charge in [0.25, 0.3) is 0 Å². The van der Waals surface area contributed by atoms with Crippen molar-refractivity contribution < 1.29 is 5.11 Å². The third kappa shape index (κ3) is 1.27. The van der Waals surface area contributed by atoms with Gasteiger partial charge in [-0.25, -0.2) is 0 Å². The SMILES string of the molecule is CC1=CC2CC(O)CCC2N1. The number of aliphatic hydroxyl groups is 1. The average Bonchev–Trinajstić information content (AvgIpc) is 2.27. The monoisotopic (exact) mass is 153 g/mol. The molecule has 11 heavy (non-hydrogen) atoms. The van der Waals surface area contributed by atoms with Crippen molar-refractivity contribution in [3.05, 3.63) is 11.8 Å². The molecule has 3 unspecified atom stereocenters. The van der Waals surface area contributed by atoms with E-state index in [9.17, 15) is 5.11 Å². The summed E-state index contributed by atoms with van der Waals surface area (Å²) >= 11 is 0. The van der Waals surface area contributed by atoms with E-state index in [2.05, 4.69) is 18.3 Å². The third-order valence-corrected chi connectivity index (χ3v) is 2.75. The molecule has 2 heteroatoms. The normalized spacial score (nSPS) is 42.7. The molecule has 1 saturated carbocycles. The van der Waals surface area contributed by atoms with Crippen LogP contribution in [0, 0.1) is 5.92 Å². The summed E-state index contributed by atoms with van der Waals surface area (Å²) < 4.78 is 0. The van der Waals surface area contributed by atoms with E-state index in [4.69, 9.17) is 0 Å². The number of allylic oxidation sites excluding steroid dienone is 1. The van der Waals surface area contributed by atoms with Crippen LogP contribution >= 0.6 is 0 Å². The second-order valence-electron chi connectivity index (χ2n) is 3.73. The molecule has 0 aromatic rings. The molecule has 62 valence electrons. The zero-order valence-corrected chi connectivity index (χ0v) is 6.88. The second kappa shape index (κ2) is 2.52. The average molecular weight is 153 g/mol. The first-order valence-corrected chi connectivity index (χ1v) is 4.39. The zero-order chi connectivity index (χ0) is 7.84. The predicted octanol–water partition coefficient (Wildman–Crippen LogP) is 1.02. The lowest BCUT2D eigenvalue weighted by atomic mass is 9.85. The molecule has 0 radical (unpaired) electrons. The minimum atomic E-state index is -0.0554. The Morgan fingerprint density at radius 1 is 1.55 bits per heavy atom. The number of hydrogen-bond donors (Lipinski definition) is 2. The van der Waals surface area contributed by atoms with Gasteiger partial charge in [-0.1, -0.05) is 6.08 Å². The van der Waals surface area contributed by atoms with Crippen LogP contribution in [0.1, 0.15) is 26.2 Å². The van der Waals surface area contributed by atoms with Crippen LogP contribution in [0.15, 0.2) is 11.8 Å². The molecule has 0 amide bonds. The molecular formula is C9H15NO. The maximum atomic E-state index is 9.39. The molecule has 1 fully saturated rings. The van der Waals surface area contributed by atoms with Crippen molar-refractivity contribution in [2.24, 2.45) is 5.92 Å². The van der Waals surface area contributed by atoms with Crippen molar-refractivity contribution >= 4 is 0 Å². The van der Waals surface area contributed by atoms with E-state index in [1.165, 1.54) is 5.70 Å². The summed E-state index contributed by atoms with van der Waals surface area (Å²) in [5, 5.41) is 12.8. The highest BCUT2D eigenvalue weighted by Gasteiger charge is 2.31. The van der Waals surface area contributed by atoms with Crippen molar-refractivity contribution in [2.75, 3.05) is 0 Å². The third-order valence-electron chi connectivity index (χ3n) is 2.75. The Morgan fingerprint density at radius 3 is 3.18 bits per heavy atom. The molecule has 1 aliphatic heterocycles. The van der Waals surface area contributed by atoms with Crippen LogP contribution < -0.4 is 5.32 Å². The van der Waals surface area contributed by atoms with Crippen LogP contribution in [-0.2, 0) is 0 Å². The first-order valence-electron chi connectivity index (χ1n) is 4.39. The van der Waals surface area contributed by atoms with Crippen LogP contribution in [0.3, 0.4) is 0 Å². The Labute approximate surface area is 67.3 Å². The highest BCUT2D eigenvalue weighted by molar-refractivity contribution is 5.13. The fourth-order valence-electron chi connectivity index (χ4n) is 2.21. The molecule has 0 aromatic heterocycles. The number of fused-ring (bicyclic) bond motifs is 1. The highest BCUT2D eigenvalue weighted by atomic mass is 16.3. The van der Waals surface area contributed by atoms with Crippen LogP contribution in [0.2, 0.25) is 0 Å². The molecule has 3 atom stereocenters.